The van der Waals surface area contributed by atoms with Gasteiger partial charge in [-0.05, 0) is 62.1 Å². The minimum Gasteiger partial charge on any atom is -0.497 e. The summed E-state index contributed by atoms with van der Waals surface area (Å²) in [5.74, 6) is 0.971. The molecule has 0 aromatic heterocycles. The van der Waals surface area contributed by atoms with E-state index < -0.39 is 0 Å². The maximum atomic E-state index is 12.3. The van der Waals surface area contributed by atoms with E-state index in [1.54, 1.807) is 7.11 Å². The van der Waals surface area contributed by atoms with Crippen LogP contribution in [0.3, 0.4) is 0 Å². The standard InChI is InChI=1S/C25H35N3O2/c1-20-5-4-6-23(19-20)28-17-15-27(16-18-28)14-13-21(2)26-25(29)12-9-22-7-10-24(30-3)11-8-22/h4-8,10-11,19,21H,9,12-18H2,1-3H3,(H,26,29). The molecular weight excluding hydrogens is 374 g/mol. The Morgan fingerprint density at radius 2 is 1.83 bits per heavy atom. The number of methoxy groups -OCH3 is 1. The number of rotatable bonds is 9. The van der Waals surface area contributed by atoms with Crippen molar-refractivity contribution in [2.24, 2.45) is 0 Å². The molecule has 1 N–H and O–H groups in total. The normalized spacial score (nSPS) is 15.6. The first-order valence-electron chi connectivity index (χ1n) is 11.0. The molecule has 1 amide bonds. The molecule has 1 aliphatic rings. The second-order valence-electron chi connectivity index (χ2n) is 8.27. The van der Waals surface area contributed by atoms with Gasteiger partial charge in [-0.25, -0.2) is 0 Å². The van der Waals surface area contributed by atoms with Crippen LogP contribution in [-0.4, -0.2) is 56.7 Å². The lowest BCUT2D eigenvalue weighted by Crippen LogP contribution is -2.47. The Labute approximate surface area is 181 Å². The number of benzene rings is 2. The molecule has 1 fully saturated rings. The van der Waals surface area contributed by atoms with E-state index >= 15 is 0 Å². The van der Waals surface area contributed by atoms with Crippen LogP contribution in [0.2, 0.25) is 0 Å². The van der Waals surface area contributed by atoms with Crippen LogP contribution < -0.4 is 15.0 Å². The number of anilines is 1. The van der Waals surface area contributed by atoms with Crippen molar-refractivity contribution >= 4 is 11.6 Å². The van der Waals surface area contributed by atoms with E-state index in [1.165, 1.54) is 11.3 Å². The maximum absolute atomic E-state index is 12.3. The monoisotopic (exact) mass is 409 g/mol. The highest BCUT2D eigenvalue weighted by Gasteiger charge is 2.18. The molecule has 30 heavy (non-hydrogen) atoms. The van der Waals surface area contributed by atoms with Gasteiger partial charge in [0.15, 0.2) is 0 Å². The number of nitrogens with one attached hydrogen (secondary N) is 1. The Hall–Kier alpha value is -2.53. The average molecular weight is 410 g/mol. The zero-order valence-electron chi connectivity index (χ0n) is 18.6. The molecule has 1 unspecified atom stereocenters. The highest BCUT2D eigenvalue weighted by Crippen LogP contribution is 2.18. The van der Waals surface area contributed by atoms with Gasteiger partial charge in [-0.1, -0.05) is 24.3 Å². The van der Waals surface area contributed by atoms with E-state index in [0.717, 1.165) is 56.9 Å². The van der Waals surface area contributed by atoms with E-state index in [2.05, 4.69) is 53.2 Å². The second kappa shape index (κ2) is 11.0. The third kappa shape index (κ3) is 6.77. The lowest BCUT2D eigenvalue weighted by Gasteiger charge is -2.36. The largest absolute Gasteiger partial charge is 0.497 e. The van der Waals surface area contributed by atoms with Gasteiger partial charge in [-0.2, -0.15) is 0 Å². The first-order valence-corrected chi connectivity index (χ1v) is 11.0. The number of aryl methyl sites for hydroxylation is 2. The number of carbonyl (C=O) groups excluding carboxylic acids is 1. The van der Waals surface area contributed by atoms with E-state index in [0.29, 0.717) is 6.42 Å². The highest BCUT2D eigenvalue weighted by atomic mass is 16.5. The first kappa shape index (κ1) is 22.2. The molecule has 0 saturated carbocycles. The molecule has 0 spiro atoms. The minimum atomic E-state index is 0.127. The molecule has 1 saturated heterocycles. The van der Waals surface area contributed by atoms with Crippen molar-refractivity contribution in [3.63, 3.8) is 0 Å². The molecule has 1 aliphatic heterocycles. The summed E-state index contributed by atoms with van der Waals surface area (Å²) in [7, 11) is 1.66. The summed E-state index contributed by atoms with van der Waals surface area (Å²) in [4.78, 5) is 17.2. The number of amides is 1. The third-order valence-corrected chi connectivity index (χ3v) is 5.82. The topological polar surface area (TPSA) is 44.8 Å². The lowest BCUT2D eigenvalue weighted by atomic mass is 10.1. The molecular formula is C25H35N3O2. The summed E-state index contributed by atoms with van der Waals surface area (Å²) in [6.07, 6.45) is 2.26. The van der Waals surface area contributed by atoms with Crippen LogP contribution in [0.25, 0.3) is 0 Å². The average Bonchev–Trinajstić information content (AvgIpc) is 2.77. The number of carbonyl (C=O) groups is 1. The van der Waals surface area contributed by atoms with Crippen molar-refractivity contribution in [2.75, 3.05) is 44.7 Å². The SMILES string of the molecule is COc1ccc(CCC(=O)NC(C)CCN2CCN(c3cccc(C)c3)CC2)cc1. The van der Waals surface area contributed by atoms with Gasteiger partial charge in [0.1, 0.15) is 5.75 Å². The molecule has 3 rings (SSSR count). The van der Waals surface area contributed by atoms with E-state index in [4.69, 9.17) is 4.74 Å². The fraction of sp³-hybridized carbons (Fsp3) is 0.480. The zero-order valence-corrected chi connectivity index (χ0v) is 18.6. The maximum Gasteiger partial charge on any atom is 0.220 e. The van der Waals surface area contributed by atoms with Gasteiger partial charge in [0.25, 0.3) is 0 Å². The van der Waals surface area contributed by atoms with Crippen LogP contribution in [0, 0.1) is 6.92 Å². The smallest absolute Gasteiger partial charge is 0.220 e. The van der Waals surface area contributed by atoms with Crippen molar-refractivity contribution in [3.05, 3.63) is 59.7 Å². The van der Waals surface area contributed by atoms with Gasteiger partial charge in [0.2, 0.25) is 5.91 Å². The Kier molecular flexibility index (Phi) is 8.14. The molecule has 2 aromatic rings. The van der Waals surface area contributed by atoms with Gasteiger partial charge in [0.05, 0.1) is 7.11 Å². The fourth-order valence-corrected chi connectivity index (χ4v) is 3.90. The molecule has 5 heteroatoms. The predicted octanol–water partition coefficient (Wildman–Crippen LogP) is 3.65. The predicted molar refractivity (Wildman–Crippen MR) is 123 cm³/mol. The van der Waals surface area contributed by atoms with Crippen molar-refractivity contribution in [1.29, 1.82) is 0 Å². The molecule has 0 bridgehead atoms. The molecule has 1 heterocycles. The molecule has 0 radical (unpaired) electrons. The van der Waals surface area contributed by atoms with Crippen molar-refractivity contribution in [3.8, 4) is 5.75 Å². The number of nitrogens with zero attached hydrogens (tertiary/aromatic N) is 2. The molecule has 2 aromatic carbocycles. The number of hydrogen-bond donors (Lipinski definition) is 1. The van der Waals surface area contributed by atoms with Crippen LogP contribution in [0.15, 0.2) is 48.5 Å². The zero-order chi connectivity index (χ0) is 21.3. The summed E-state index contributed by atoms with van der Waals surface area (Å²) >= 11 is 0. The second-order valence-corrected chi connectivity index (χ2v) is 8.27. The fourth-order valence-electron chi connectivity index (χ4n) is 3.90. The number of hydrogen-bond acceptors (Lipinski definition) is 4. The Balaban J connectivity index is 1.32. The summed E-state index contributed by atoms with van der Waals surface area (Å²) < 4.78 is 5.17. The van der Waals surface area contributed by atoms with Gasteiger partial charge in [-0.3, -0.25) is 9.69 Å². The van der Waals surface area contributed by atoms with E-state index in [9.17, 15) is 4.79 Å². The third-order valence-electron chi connectivity index (χ3n) is 5.82. The number of piperazine rings is 1. The Morgan fingerprint density at radius 3 is 2.50 bits per heavy atom. The van der Waals surface area contributed by atoms with Crippen LogP contribution >= 0.6 is 0 Å². The summed E-state index contributed by atoms with van der Waals surface area (Å²) in [5.41, 5.74) is 3.80. The van der Waals surface area contributed by atoms with Gasteiger partial charge < -0.3 is 15.0 Å². The lowest BCUT2D eigenvalue weighted by molar-refractivity contribution is -0.121. The van der Waals surface area contributed by atoms with Crippen molar-refractivity contribution in [2.45, 2.75) is 39.2 Å². The molecule has 162 valence electrons. The van der Waals surface area contributed by atoms with Crippen LogP contribution in [-0.2, 0) is 11.2 Å². The minimum absolute atomic E-state index is 0.127. The van der Waals surface area contributed by atoms with Gasteiger partial charge >= 0.3 is 0 Å². The molecule has 0 aliphatic carbocycles. The van der Waals surface area contributed by atoms with Gasteiger partial charge in [0, 0.05) is 50.9 Å². The van der Waals surface area contributed by atoms with Crippen molar-refractivity contribution in [1.82, 2.24) is 10.2 Å². The Morgan fingerprint density at radius 1 is 1.10 bits per heavy atom. The summed E-state index contributed by atoms with van der Waals surface area (Å²) in [6.45, 7) is 9.55. The van der Waals surface area contributed by atoms with Crippen LogP contribution in [0.4, 0.5) is 5.69 Å². The van der Waals surface area contributed by atoms with Crippen molar-refractivity contribution < 1.29 is 9.53 Å². The summed E-state index contributed by atoms with van der Waals surface area (Å²) in [5, 5.41) is 3.15. The Bertz CT molecular complexity index is 798. The van der Waals surface area contributed by atoms with E-state index in [-0.39, 0.29) is 11.9 Å². The van der Waals surface area contributed by atoms with Crippen LogP contribution in [0.1, 0.15) is 30.9 Å². The summed E-state index contributed by atoms with van der Waals surface area (Å²) in [6, 6.07) is 16.9. The number of ether oxygens (including phenoxy) is 1. The quantitative estimate of drug-likeness (QED) is 0.687. The molecule has 1 atom stereocenters. The molecule has 5 nitrogen and oxygen atoms in total. The van der Waals surface area contributed by atoms with Crippen LogP contribution in [0.5, 0.6) is 5.75 Å². The first-order chi connectivity index (χ1) is 14.5. The highest BCUT2D eigenvalue weighted by molar-refractivity contribution is 5.76. The van der Waals surface area contributed by atoms with Gasteiger partial charge in [-0.15, -0.1) is 0 Å². The van der Waals surface area contributed by atoms with E-state index in [1.807, 2.05) is 24.3 Å².